The number of fused-ring (bicyclic) bond motifs is 1. The van der Waals surface area contributed by atoms with Crippen molar-refractivity contribution >= 4 is 22.7 Å². The first-order valence-corrected chi connectivity index (χ1v) is 8.46. The van der Waals surface area contributed by atoms with E-state index in [1.54, 1.807) is 6.07 Å². The van der Waals surface area contributed by atoms with Crippen LogP contribution >= 0.6 is 0 Å². The zero-order chi connectivity index (χ0) is 17.8. The van der Waals surface area contributed by atoms with Crippen LogP contribution in [-0.4, -0.2) is 47.9 Å². The minimum atomic E-state index is -0.302. The van der Waals surface area contributed by atoms with E-state index in [2.05, 4.69) is 15.2 Å². The first-order valence-electron chi connectivity index (χ1n) is 8.46. The number of benzene rings is 1. The predicted molar refractivity (Wildman–Crippen MR) is 95.3 cm³/mol. The lowest BCUT2D eigenvalue weighted by atomic mass is 9.97. The molecular formula is C18H22N4O3. The van der Waals surface area contributed by atoms with Crippen LogP contribution in [0.25, 0.3) is 10.9 Å². The molecule has 1 fully saturated rings. The van der Waals surface area contributed by atoms with E-state index in [0.717, 1.165) is 19.4 Å². The number of nitrogens with zero attached hydrogens (tertiary/aromatic N) is 1. The van der Waals surface area contributed by atoms with Crippen molar-refractivity contribution in [3.8, 4) is 0 Å². The van der Waals surface area contributed by atoms with Gasteiger partial charge in [-0.05, 0) is 25.5 Å². The molecule has 1 atom stereocenters. The summed E-state index contributed by atoms with van der Waals surface area (Å²) in [7, 11) is 0. The smallest absolute Gasteiger partial charge is 0.252 e. The number of amides is 2. The van der Waals surface area contributed by atoms with Crippen LogP contribution in [0.3, 0.4) is 0 Å². The Morgan fingerprint density at radius 2 is 2.12 bits per heavy atom. The molecule has 1 aromatic carbocycles. The molecule has 1 aromatic heterocycles. The molecule has 0 aliphatic carbocycles. The number of carbonyl (C=O) groups excluding carboxylic acids is 2. The third-order valence-electron chi connectivity index (χ3n) is 4.62. The molecule has 7 nitrogen and oxygen atoms in total. The van der Waals surface area contributed by atoms with Gasteiger partial charge in [-0.2, -0.15) is 0 Å². The quantitative estimate of drug-likeness (QED) is 0.733. The molecule has 1 saturated heterocycles. The Morgan fingerprint density at radius 1 is 1.32 bits per heavy atom. The van der Waals surface area contributed by atoms with Crippen molar-refractivity contribution in [2.45, 2.75) is 12.8 Å². The van der Waals surface area contributed by atoms with E-state index in [9.17, 15) is 14.4 Å². The van der Waals surface area contributed by atoms with E-state index in [0.29, 0.717) is 36.1 Å². The number of pyridine rings is 1. The average Bonchev–Trinajstić information content (AvgIpc) is 2.61. The largest absolute Gasteiger partial charge is 0.369 e. The summed E-state index contributed by atoms with van der Waals surface area (Å²) in [6.45, 7) is 2.63. The van der Waals surface area contributed by atoms with Crippen LogP contribution in [0.2, 0.25) is 0 Å². The van der Waals surface area contributed by atoms with Crippen molar-refractivity contribution in [2.24, 2.45) is 11.7 Å². The molecule has 3 rings (SSSR count). The molecular weight excluding hydrogens is 320 g/mol. The molecule has 0 spiro atoms. The Kier molecular flexibility index (Phi) is 5.14. The highest BCUT2D eigenvalue weighted by atomic mass is 16.2. The highest BCUT2D eigenvalue weighted by Crippen LogP contribution is 2.16. The van der Waals surface area contributed by atoms with Gasteiger partial charge in [0.1, 0.15) is 0 Å². The maximum atomic E-state index is 12.5. The molecule has 2 aromatic rings. The van der Waals surface area contributed by atoms with Gasteiger partial charge < -0.3 is 20.9 Å². The van der Waals surface area contributed by atoms with Crippen LogP contribution in [0, 0.1) is 5.92 Å². The Labute approximate surface area is 145 Å². The zero-order valence-corrected chi connectivity index (χ0v) is 14.0. The van der Waals surface area contributed by atoms with E-state index in [-0.39, 0.29) is 23.3 Å². The van der Waals surface area contributed by atoms with E-state index < -0.39 is 0 Å². The highest BCUT2D eigenvalue weighted by Gasteiger charge is 2.23. The van der Waals surface area contributed by atoms with Crippen LogP contribution in [-0.2, 0) is 4.79 Å². The second kappa shape index (κ2) is 7.48. The third-order valence-corrected chi connectivity index (χ3v) is 4.62. The number of para-hydroxylation sites is 1. The van der Waals surface area contributed by atoms with Gasteiger partial charge >= 0.3 is 0 Å². The van der Waals surface area contributed by atoms with Gasteiger partial charge in [0.25, 0.3) is 5.91 Å². The van der Waals surface area contributed by atoms with Crippen molar-refractivity contribution in [1.29, 1.82) is 0 Å². The van der Waals surface area contributed by atoms with Crippen LogP contribution < -0.4 is 16.6 Å². The Morgan fingerprint density at radius 3 is 2.92 bits per heavy atom. The Hall–Kier alpha value is -2.67. The number of aromatic nitrogens is 1. The number of rotatable bonds is 5. The molecule has 0 unspecified atom stereocenters. The van der Waals surface area contributed by atoms with E-state index in [1.165, 1.54) is 6.07 Å². The standard InChI is InChI=1S/C18H22N4O3/c19-17(24)12-4-3-8-22(11-12)9-7-20-18(25)14-10-16(23)21-15-6-2-1-5-13(14)15/h1-2,5-6,10,12H,3-4,7-9,11H2,(H2,19,24)(H,20,25)(H,21,23)/t12-/m0/s1. The summed E-state index contributed by atoms with van der Waals surface area (Å²) in [5.41, 5.74) is 6.09. The van der Waals surface area contributed by atoms with Crippen molar-refractivity contribution in [1.82, 2.24) is 15.2 Å². The summed E-state index contributed by atoms with van der Waals surface area (Å²) < 4.78 is 0. The fourth-order valence-corrected chi connectivity index (χ4v) is 3.31. The maximum Gasteiger partial charge on any atom is 0.252 e. The fraction of sp³-hybridized carbons (Fsp3) is 0.389. The number of primary amides is 1. The highest BCUT2D eigenvalue weighted by molar-refractivity contribution is 6.05. The fourth-order valence-electron chi connectivity index (χ4n) is 3.31. The topological polar surface area (TPSA) is 108 Å². The second-order valence-electron chi connectivity index (χ2n) is 6.39. The monoisotopic (exact) mass is 342 g/mol. The van der Waals surface area contributed by atoms with Gasteiger partial charge in [-0.15, -0.1) is 0 Å². The predicted octanol–water partition coefficient (Wildman–Crippen LogP) is 0.455. The summed E-state index contributed by atoms with van der Waals surface area (Å²) in [5, 5.41) is 3.57. The first-order chi connectivity index (χ1) is 12.0. The molecule has 1 aliphatic rings. The molecule has 25 heavy (non-hydrogen) atoms. The summed E-state index contributed by atoms with van der Waals surface area (Å²) in [4.78, 5) is 40.4. The number of H-pyrrole nitrogens is 1. The summed E-state index contributed by atoms with van der Waals surface area (Å²) in [6.07, 6.45) is 1.76. The summed E-state index contributed by atoms with van der Waals surface area (Å²) in [5.74, 6) is -0.643. The number of piperidine rings is 1. The molecule has 1 aliphatic heterocycles. The maximum absolute atomic E-state index is 12.5. The normalized spacial score (nSPS) is 18.2. The number of hydrogen-bond acceptors (Lipinski definition) is 4. The van der Waals surface area contributed by atoms with Gasteiger partial charge in [-0.25, -0.2) is 0 Å². The molecule has 132 valence electrons. The van der Waals surface area contributed by atoms with E-state index in [1.807, 2.05) is 18.2 Å². The summed E-state index contributed by atoms with van der Waals surface area (Å²) in [6, 6.07) is 8.54. The van der Waals surface area contributed by atoms with Gasteiger partial charge in [0.05, 0.1) is 11.5 Å². The molecule has 7 heteroatoms. The van der Waals surface area contributed by atoms with Gasteiger partial charge in [0, 0.05) is 36.6 Å². The molecule has 2 heterocycles. The summed E-state index contributed by atoms with van der Waals surface area (Å²) >= 11 is 0. The van der Waals surface area contributed by atoms with E-state index in [4.69, 9.17) is 5.73 Å². The van der Waals surface area contributed by atoms with Gasteiger partial charge in [0.2, 0.25) is 11.5 Å². The van der Waals surface area contributed by atoms with Gasteiger partial charge in [-0.3, -0.25) is 14.4 Å². The number of hydrogen-bond donors (Lipinski definition) is 3. The van der Waals surface area contributed by atoms with Crippen LogP contribution in [0.15, 0.2) is 35.1 Å². The molecule has 0 radical (unpaired) electrons. The van der Waals surface area contributed by atoms with Gasteiger partial charge in [0.15, 0.2) is 0 Å². The van der Waals surface area contributed by atoms with Crippen molar-refractivity contribution in [3.05, 3.63) is 46.2 Å². The van der Waals surface area contributed by atoms with Crippen molar-refractivity contribution < 1.29 is 9.59 Å². The molecule has 2 amide bonds. The second-order valence-corrected chi connectivity index (χ2v) is 6.39. The lowest BCUT2D eigenvalue weighted by Crippen LogP contribution is -2.44. The Balaban J connectivity index is 1.62. The van der Waals surface area contributed by atoms with Crippen LogP contribution in [0.1, 0.15) is 23.2 Å². The van der Waals surface area contributed by atoms with E-state index >= 15 is 0 Å². The molecule has 0 saturated carbocycles. The molecule has 4 N–H and O–H groups in total. The van der Waals surface area contributed by atoms with Gasteiger partial charge in [-0.1, -0.05) is 18.2 Å². The number of carbonyl (C=O) groups is 2. The Bertz CT molecular complexity index is 846. The average molecular weight is 342 g/mol. The number of nitrogens with one attached hydrogen (secondary N) is 2. The first kappa shape index (κ1) is 17.2. The number of likely N-dealkylation sites (tertiary alicyclic amines) is 1. The molecule has 0 bridgehead atoms. The van der Waals surface area contributed by atoms with Crippen LogP contribution in [0.4, 0.5) is 0 Å². The van der Waals surface area contributed by atoms with Crippen molar-refractivity contribution in [3.63, 3.8) is 0 Å². The lowest BCUT2D eigenvalue weighted by Gasteiger charge is -2.31. The number of aromatic amines is 1. The number of nitrogens with two attached hydrogens (primary N) is 1. The van der Waals surface area contributed by atoms with Crippen molar-refractivity contribution in [2.75, 3.05) is 26.2 Å². The SMILES string of the molecule is NC(=O)[C@H]1CCCN(CCNC(=O)c2cc(=O)[nH]c3ccccc23)C1. The minimum absolute atomic E-state index is 0.110. The minimum Gasteiger partial charge on any atom is -0.369 e. The van der Waals surface area contributed by atoms with Crippen LogP contribution in [0.5, 0.6) is 0 Å². The lowest BCUT2D eigenvalue weighted by molar-refractivity contribution is -0.123. The zero-order valence-electron chi connectivity index (χ0n) is 14.0. The third kappa shape index (κ3) is 4.06.